The number of thiazole rings is 1. The summed E-state index contributed by atoms with van der Waals surface area (Å²) < 4.78 is 1.44. The SMILES string of the molecule is O=C(O)CC#Cc1ccc2nc(Cl)sc2c1. The third-order valence-electron chi connectivity index (χ3n) is 1.83. The van der Waals surface area contributed by atoms with E-state index in [2.05, 4.69) is 16.8 Å². The van der Waals surface area contributed by atoms with E-state index >= 15 is 0 Å². The molecular weight excluding hydrogens is 246 g/mol. The maximum Gasteiger partial charge on any atom is 0.315 e. The molecule has 80 valence electrons. The molecule has 0 atom stereocenters. The van der Waals surface area contributed by atoms with E-state index < -0.39 is 5.97 Å². The Morgan fingerprint density at radius 2 is 2.38 bits per heavy atom. The molecule has 0 radical (unpaired) electrons. The quantitative estimate of drug-likeness (QED) is 0.793. The number of nitrogens with zero attached hydrogens (tertiary/aromatic N) is 1. The second kappa shape index (κ2) is 4.52. The molecule has 0 amide bonds. The van der Waals surface area contributed by atoms with E-state index in [1.54, 1.807) is 6.07 Å². The Morgan fingerprint density at radius 3 is 3.12 bits per heavy atom. The molecule has 16 heavy (non-hydrogen) atoms. The Bertz CT molecular complexity index is 609. The van der Waals surface area contributed by atoms with Crippen LogP contribution in [0.4, 0.5) is 0 Å². The van der Waals surface area contributed by atoms with E-state index in [1.165, 1.54) is 11.3 Å². The van der Waals surface area contributed by atoms with Gasteiger partial charge in [-0.3, -0.25) is 4.79 Å². The lowest BCUT2D eigenvalue weighted by Crippen LogP contribution is -1.90. The first-order chi connectivity index (χ1) is 7.65. The van der Waals surface area contributed by atoms with Crippen molar-refractivity contribution in [1.29, 1.82) is 0 Å². The van der Waals surface area contributed by atoms with E-state index in [-0.39, 0.29) is 6.42 Å². The first-order valence-corrected chi connectivity index (χ1v) is 5.61. The molecule has 0 bridgehead atoms. The van der Waals surface area contributed by atoms with Gasteiger partial charge in [0.15, 0.2) is 4.47 Å². The summed E-state index contributed by atoms with van der Waals surface area (Å²) in [5.74, 6) is 4.43. The maximum absolute atomic E-state index is 10.3. The van der Waals surface area contributed by atoms with Crippen molar-refractivity contribution in [2.45, 2.75) is 6.42 Å². The Labute approximate surface area is 101 Å². The molecule has 0 aliphatic carbocycles. The van der Waals surface area contributed by atoms with Gasteiger partial charge in [-0.2, -0.15) is 0 Å². The maximum atomic E-state index is 10.3. The highest BCUT2D eigenvalue weighted by molar-refractivity contribution is 7.22. The van der Waals surface area contributed by atoms with Crippen LogP contribution in [0.2, 0.25) is 4.47 Å². The third kappa shape index (κ3) is 2.51. The first kappa shape index (κ1) is 10.9. The Balaban J connectivity index is 2.30. The summed E-state index contributed by atoms with van der Waals surface area (Å²) in [6.45, 7) is 0. The highest BCUT2D eigenvalue weighted by Gasteiger charge is 2.01. The lowest BCUT2D eigenvalue weighted by Gasteiger charge is -1.89. The molecule has 1 aromatic carbocycles. The summed E-state index contributed by atoms with van der Waals surface area (Å²) in [5, 5.41) is 8.44. The molecule has 3 nitrogen and oxygen atoms in total. The van der Waals surface area contributed by atoms with Gasteiger partial charge in [0.05, 0.1) is 10.2 Å². The molecule has 0 saturated carbocycles. The fourth-order valence-electron chi connectivity index (χ4n) is 1.20. The number of fused-ring (bicyclic) bond motifs is 1. The van der Waals surface area contributed by atoms with Gasteiger partial charge in [0.25, 0.3) is 0 Å². The highest BCUT2D eigenvalue weighted by atomic mass is 35.5. The smallest absolute Gasteiger partial charge is 0.315 e. The van der Waals surface area contributed by atoms with E-state index in [1.807, 2.05) is 12.1 Å². The number of aliphatic carboxylic acids is 1. The van der Waals surface area contributed by atoms with E-state index in [0.29, 0.717) is 4.47 Å². The summed E-state index contributed by atoms with van der Waals surface area (Å²) in [6.07, 6.45) is -0.151. The molecule has 1 heterocycles. The minimum Gasteiger partial charge on any atom is -0.481 e. The number of rotatable bonds is 1. The number of benzene rings is 1. The number of carbonyl (C=O) groups is 1. The number of halogens is 1. The van der Waals surface area contributed by atoms with Gasteiger partial charge in [-0.1, -0.05) is 23.4 Å². The molecule has 2 rings (SSSR count). The predicted molar refractivity (Wildman–Crippen MR) is 63.8 cm³/mol. The van der Waals surface area contributed by atoms with Crippen LogP contribution in [0.1, 0.15) is 12.0 Å². The standard InChI is InChI=1S/C11H6ClNO2S/c12-11-13-8-5-4-7(6-9(8)16-11)2-1-3-10(14)15/h4-6H,3H2,(H,14,15). The first-order valence-electron chi connectivity index (χ1n) is 4.42. The fourth-order valence-corrected chi connectivity index (χ4v) is 2.27. The second-order valence-electron chi connectivity index (χ2n) is 3.02. The van der Waals surface area contributed by atoms with Gasteiger partial charge in [0.1, 0.15) is 6.42 Å². The van der Waals surface area contributed by atoms with Crippen LogP contribution in [0.5, 0.6) is 0 Å². The van der Waals surface area contributed by atoms with Crippen LogP contribution >= 0.6 is 22.9 Å². The monoisotopic (exact) mass is 251 g/mol. The normalized spacial score (nSPS) is 9.81. The van der Waals surface area contributed by atoms with Gasteiger partial charge < -0.3 is 5.11 Å². The molecule has 0 aliphatic rings. The summed E-state index contributed by atoms with van der Waals surface area (Å²) >= 11 is 7.15. The molecule has 0 fully saturated rings. The van der Waals surface area contributed by atoms with E-state index in [0.717, 1.165) is 15.8 Å². The number of carboxylic acid groups (broad SMARTS) is 1. The molecule has 0 unspecified atom stereocenters. The Kier molecular flexibility index (Phi) is 3.09. The average molecular weight is 252 g/mol. The van der Waals surface area contributed by atoms with Crippen molar-refractivity contribution < 1.29 is 9.90 Å². The van der Waals surface area contributed by atoms with Gasteiger partial charge in [-0.05, 0) is 18.2 Å². The Hall–Kier alpha value is -1.57. The third-order valence-corrected chi connectivity index (χ3v) is 2.96. The molecule has 5 heteroatoms. The molecular formula is C11H6ClNO2S. The zero-order chi connectivity index (χ0) is 11.5. The van der Waals surface area contributed by atoms with Crippen molar-refractivity contribution in [1.82, 2.24) is 4.98 Å². The van der Waals surface area contributed by atoms with Gasteiger partial charge >= 0.3 is 5.97 Å². The lowest BCUT2D eigenvalue weighted by atomic mass is 10.2. The summed E-state index contributed by atoms with van der Waals surface area (Å²) in [4.78, 5) is 14.4. The number of hydrogen-bond acceptors (Lipinski definition) is 3. The highest BCUT2D eigenvalue weighted by Crippen LogP contribution is 2.26. The van der Waals surface area contributed by atoms with Crippen LogP contribution in [-0.4, -0.2) is 16.1 Å². The van der Waals surface area contributed by atoms with E-state index in [4.69, 9.17) is 16.7 Å². The van der Waals surface area contributed by atoms with Gasteiger partial charge in [0.2, 0.25) is 0 Å². The van der Waals surface area contributed by atoms with Crippen LogP contribution in [0.25, 0.3) is 10.2 Å². The van der Waals surface area contributed by atoms with Gasteiger partial charge in [-0.25, -0.2) is 4.98 Å². The van der Waals surface area contributed by atoms with Crippen LogP contribution in [-0.2, 0) is 4.79 Å². The van der Waals surface area contributed by atoms with Gasteiger partial charge in [0, 0.05) is 5.56 Å². The van der Waals surface area contributed by atoms with Gasteiger partial charge in [-0.15, -0.1) is 11.3 Å². The number of aromatic nitrogens is 1. The second-order valence-corrected chi connectivity index (χ2v) is 4.63. The largest absolute Gasteiger partial charge is 0.481 e. The number of hydrogen-bond donors (Lipinski definition) is 1. The van der Waals surface area contributed by atoms with E-state index in [9.17, 15) is 4.79 Å². The van der Waals surface area contributed by atoms with Crippen molar-refractivity contribution >= 4 is 39.1 Å². The van der Waals surface area contributed by atoms with Crippen LogP contribution < -0.4 is 0 Å². The molecule has 1 aromatic heterocycles. The molecule has 0 aliphatic heterocycles. The molecule has 1 N–H and O–H groups in total. The van der Waals surface area contributed by atoms with Crippen LogP contribution in [0, 0.1) is 11.8 Å². The van der Waals surface area contributed by atoms with Crippen molar-refractivity contribution in [3.63, 3.8) is 0 Å². The van der Waals surface area contributed by atoms with Crippen LogP contribution in [0.15, 0.2) is 18.2 Å². The fraction of sp³-hybridized carbons (Fsp3) is 0.0909. The van der Waals surface area contributed by atoms with Crippen molar-refractivity contribution in [2.24, 2.45) is 0 Å². The zero-order valence-corrected chi connectivity index (χ0v) is 9.60. The summed E-state index contributed by atoms with van der Waals surface area (Å²) in [5.41, 5.74) is 1.60. The van der Waals surface area contributed by atoms with Crippen molar-refractivity contribution in [3.8, 4) is 11.8 Å². The predicted octanol–water partition coefficient (Wildman–Crippen LogP) is 2.78. The lowest BCUT2D eigenvalue weighted by molar-refractivity contribution is -0.135. The average Bonchev–Trinajstić information content (AvgIpc) is 2.56. The van der Waals surface area contributed by atoms with Crippen LogP contribution in [0.3, 0.4) is 0 Å². The minimum absolute atomic E-state index is 0.151. The number of carboxylic acids is 1. The minimum atomic E-state index is -0.922. The molecule has 2 aromatic rings. The Morgan fingerprint density at radius 1 is 1.56 bits per heavy atom. The summed E-state index contributed by atoms with van der Waals surface area (Å²) in [6, 6.07) is 5.48. The summed E-state index contributed by atoms with van der Waals surface area (Å²) in [7, 11) is 0. The zero-order valence-electron chi connectivity index (χ0n) is 8.03. The van der Waals surface area contributed by atoms with Crippen molar-refractivity contribution in [3.05, 3.63) is 28.2 Å². The molecule has 0 spiro atoms. The molecule has 0 saturated heterocycles. The van der Waals surface area contributed by atoms with Crippen molar-refractivity contribution in [2.75, 3.05) is 0 Å². The topological polar surface area (TPSA) is 50.2 Å².